The number of aryl methyl sites for hydroxylation is 2. The standard InChI is InChI=1S/C20H17ClN6O2/c1-12-3-4-15(21)9-16(12)24-19(28)11-26-20(29)27-13(2)23-17(10-18(27)25-26)14-5-7-22-8-6-14/h3-10H,11H2,1-2H3,(H,24,28). The van der Waals surface area contributed by atoms with E-state index in [0.717, 1.165) is 15.8 Å². The highest BCUT2D eigenvalue weighted by Crippen LogP contribution is 2.20. The number of fused-ring (bicyclic) bond motifs is 1. The van der Waals surface area contributed by atoms with E-state index < -0.39 is 5.69 Å². The number of halogens is 1. The summed E-state index contributed by atoms with van der Waals surface area (Å²) < 4.78 is 2.50. The lowest BCUT2D eigenvalue weighted by Gasteiger charge is -2.08. The van der Waals surface area contributed by atoms with Crippen molar-refractivity contribution in [3.8, 4) is 11.3 Å². The number of nitrogens with one attached hydrogen (secondary N) is 1. The van der Waals surface area contributed by atoms with Crippen LogP contribution in [0, 0.1) is 13.8 Å². The summed E-state index contributed by atoms with van der Waals surface area (Å²) in [7, 11) is 0. The number of hydrogen-bond donors (Lipinski definition) is 1. The zero-order chi connectivity index (χ0) is 20.5. The number of aromatic nitrogens is 5. The summed E-state index contributed by atoms with van der Waals surface area (Å²) in [6.07, 6.45) is 3.34. The molecule has 1 amide bonds. The minimum Gasteiger partial charge on any atom is -0.324 e. The van der Waals surface area contributed by atoms with Crippen LogP contribution in [0.1, 0.15) is 11.4 Å². The maximum Gasteiger partial charge on any atom is 0.352 e. The Morgan fingerprint density at radius 2 is 1.90 bits per heavy atom. The molecule has 3 aromatic heterocycles. The topological polar surface area (TPSA) is 94.2 Å². The van der Waals surface area contributed by atoms with Gasteiger partial charge in [-0.2, -0.15) is 0 Å². The third-order valence-electron chi connectivity index (χ3n) is 4.48. The predicted molar refractivity (Wildman–Crippen MR) is 110 cm³/mol. The summed E-state index contributed by atoms with van der Waals surface area (Å²) in [4.78, 5) is 33.7. The molecule has 0 fully saturated rings. The molecule has 146 valence electrons. The quantitative estimate of drug-likeness (QED) is 0.560. The molecule has 0 saturated heterocycles. The number of carbonyl (C=O) groups is 1. The first-order valence-corrected chi connectivity index (χ1v) is 9.24. The molecule has 1 N–H and O–H groups in total. The second-order valence-electron chi connectivity index (χ2n) is 6.57. The van der Waals surface area contributed by atoms with Gasteiger partial charge in [0, 0.05) is 34.7 Å². The summed E-state index contributed by atoms with van der Waals surface area (Å²) in [5.74, 6) is 0.109. The summed E-state index contributed by atoms with van der Waals surface area (Å²) in [6.45, 7) is 3.36. The molecule has 8 nitrogen and oxygen atoms in total. The largest absolute Gasteiger partial charge is 0.352 e. The number of nitrogens with zero attached hydrogens (tertiary/aromatic N) is 5. The SMILES string of the molecule is Cc1ccc(Cl)cc1NC(=O)Cn1nc2cc(-c3ccncc3)nc(C)n2c1=O. The number of hydrogen-bond acceptors (Lipinski definition) is 5. The van der Waals surface area contributed by atoms with Gasteiger partial charge in [0.05, 0.1) is 5.69 Å². The summed E-state index contributed by atoms with van der Waals surface area (Å²) in [5, 5.41) is 7.59. The zero-order valence-electron chi connectivity index (χ0n) is 15.8. The van der Waals surface area contributed by atoms with Crippen LogP contribution < -0.4 is 11.0 Å². The Morgan fingerprint density at radius 3 is 2.66 bits per heavy atom. The van der Waals surface area contributed by atoms with Crippen LogP contribution in [-0.4, -0.2) is 30.1 Å². The van der Waals surface area contributed by atoms with Crippen molar-refractivity contribution in [2.75, 3.05) is 5.32 Å². The van der Waals surface area contributed by atoms with Gasteiger partial charge in [0.25, 0.3) is 0 Å². The van der Waals surface area contributed by atoms with Crippen molar-refractivity contribution in [3.05, 3.63) is 75.7 Å². The highest BCUT2D eigenvalue weighted by atomic mass is 35.5. The van der Waals surface area contributed by atoms with Gasteiger partial charge in [0.15, 0.2) is 5.65 Å². The van der Waals surface area contributed by atoms with E-state index in [1.807, 2.05) is 25.1 Å². The average molecular weight is 409 g/mol. The molecule has 4 rings (SSSR count). The van der Waals surface area contributed by atoms with E-state index in [0.29, 0.717) is 27.9 Å². The Hall–Kier alpha value is -3.52. The molecule has 0 bridgehead atoms. The van der Waals surface area contributed by atoms with Crippen LogP contribution in [0.5, 0.6) is 0 Å². The van der Waals surface area contributed by atoms with Crippen LogP contribution in [0.2, 0.25) is 5.02 Å². The normalized spacial score (nSPS) is 11.0. The number of pyridine rings is 1. The molecule has 0 atom stereocenters. The molecular formula is C20H17ClN6O2. The predicted octanol–water partition coefficient (Wildman–Crippen LogP) is 2.86. The number of carbonyl (C=O) groups excluding carboxylic acids is 1. The molecule has 9 heteroatoms. The molecule has 0 spiro atoms. The van der Waals surface area contributed by atoms with E-state index in [9.17, 15) is 9.59 Å². The molecule has 0 radical (unpaired) electrons. The van der Waals surface area contributed by atoms with Crippen molar-refractivity contribution < 1.29 is 4.79 Å². The first-order chi connectivity index (χ1) is 13.9. The van der Waals surface area contributed by atoms with Gasteiger partial charge < -0.3 is 5.32 Å². The fourth-order valence-corrected chi connectivity index (χ4v) is 3.20. The van der Waals surface area contributed by atoms with Gasteiger partial charge in [-0.25, -0.2) is 18.9 Å². The number of amides is 1. The van der Waals surface area contributed by atoms with Crippen LogP contribution in [0.15, 0.2) is 53.6 Å². The van der Waals surface area contributed by atoms with Crippen molar-refractivity contribution in [2.45, 2.75) is 20.4 Å². The van der Waals surface area contributed by atoms with Gasteiger partial charge in [0.1, 0.15) is 12.4 Å². The summed E-state index contributed by atoms with van der Waals surface area (Å²) in [6, 6.07) is 10.6. The first-order valence-electron chi connectivity index (χ1n) is 8.86. The van der Waals surface area contributed by atoms with Crippen molar-refractivity contribution in [1.82, 2.24) is 24.1 Å². The Morgan fingerprint density at radius 1 is 1.14 bits per heavy atom. The van der Waals surface area contributed by atoms with Gasteiger partial charge >= 0.3 is 5.69 Å². The zero-order valence-corrected chi connectivity index (χ0v) is 16.5. The molecule has 29 heavy (non-hydrogen) atoms. The molecule has 0 saturated carbocycles. The van der Waals surface area contributed by atoms with Crippen LogP contribution in [0.4, 0.5) is 5.69 Å². The van der Waals surface area contributed by atoms with E-state index in [-0.39, 0.29) is 12.5 Å². The molecule has 1 aromatic carbocycles. The highest BCUT2D eigenvalue weighted by molar-refractivity contribution is 6.31. The lowest BCUT2D eigenvalue weighted by molar-refractivity contribution is -0.117. The smallest absolute Gasteiger partial charge is 0.324 e. The fraction of sp³-hybridized carbons (Fsp3) is 0.150. The van der Waals surface area contributed by atoms with E-state index in [1.165, 1.54) is 4.40 Å². The lowest BCUT2D eigenvalue weighted by atomic mass is 10.2. The van der Waals surface area contributed by atoms with Crippen molar-refractivity contribution >= 4 is 28.8 Å². The average Bonchev–Trinajstić information content (AvgIpc) is 3.01. The van der Waals surface area contributed by atoms with Crippen LogP contribution in [-0.2, 0) is 11.3 Å². The van der Waals surface area contributed by atoms with Gasteiger partial charge in [-0.3, -0.25) is 9.78 Å². The Kier molecular flexibility index (Phi) is 4.85. The van der Waals surface area contributed by atoms with E-state index in [2.05, 4.69) is 20.4 Å². The summed E-state index contributed by atoms with van der Waals surface area (Å²) >= 11 is 5.99. The Labute approximate surface area is 170 Å². The minimum atomic E-state index is -0.427. The van der Waals surface area contributed by atoms with Gasteiger partial charge in [-0.1, -0.05) is 17.7 Å². The molecule has 3 heterocycles. The van der Waals surface area contributed by atoms with Crippen LogP contribution >= 0.6 is 11.6 Å². The van der Waals surface area contributed by atoms with Gasteiger partial charge in [-0.05, 0) is 43.7 Å². The molecular weight excluding hydrogens is 392 g/mol. The van der Waals surface area contributed by atoms with E-state index in [4.69, 9.17) is 11.6 Å². The summed E-state index contributed by atoms with van der Waals surface area (Å²) in [5.41, 5.74) is 2.99. The van der Waals surface area contributed by atoms with Crippen molar-refractivity contribution in [3.63, 3.8) is 0 Å². The van der Waals surface area contributed by atoms with Gasteiger partial charge in [-0.15, -0.1) is 5.10 Å². The second kappa shape index (κ2) is 7.48. The van der Waals surface area contributed by atoms with Crippen molar-refractivity contribution in [2.24, 2.45) is 0 Å². The maximum atomic E-state index is 12.7. The van der Waals surface area contributed by atoms with Gasteiger partial charge in [0.2, 0.25) is 5.91 Å². The molecule has 4 aromatic rings. The lowest BCUT2D eigenvalue weighted by Crippen LogP contribution is -2.29. The first kappa shape index (κ1) is 18.8. The Balaban J connectivity index is 1.65. The molecule has 0 aliphatic heterocycles. The van der Waals surface area contributed by atoms with E-state index >= 15 is 0 Å². The van der Waals surface area contributed by atoms with E-state index in [1.54, 1.807) is 37.5 Å². The maximum absolute atomic E-state index is 12.7. The Bertz CT molecular complexity index is 1280. The molecule has 0 aliphatic carbocycles. The fourth-order valence-electron chi connectivity index (χ4n) is 3.03. The van der Waals surface area contributed by atoms with Crippen molar-refractivity contribution in [1.29, 1.82) is 0 Å². The monoisotopic (exact) mass is 408 g/mol. The highest BCUT2D eigenvalue weighted by Gasteiger charge is 2.15. The van der Waals surface area contributed by atoms with Crippen LogP contribution in [0.25, 0.3) is 16.9 Å². The third kappa shape index (κ3) is 3.74. The second-order valence-corrected chi connectivity index (χ2v) is 7.00. The number of rotatable bonds is 4. The number of anilines is 1. The third-order valence-corrected chi connectivity index (χ3v) is 4.71. The molecule has 0 aliphatic rings. The number of benzene rings is 1. The van der Waals surface area contributed by atoms with Crippen LogP contribution in [0.3, 0.4) is 0 Å². The molecule has 0 unspecified atom stereocenters. The minimum absolute atomic E-state index is 0.226.